The largest absolute Gasteiger partial charge is 0.298 e. The van der Waals surface area contributed by atoms with E-state index in [1.165, 1.54) is 23.4 Å². The van der Waals surface area contributed by atoms with Crippen LogP contribution in [0, 0.1) is 0 Å². The van der Waals surface area contributed by atoms with Gasteiger partial charge in [0.15, 0.2) is 0 Å². The van der Waals surface area contributed by atoms with E-state index in [0.717, 1.165) is 0 Å². The minimum Gasteiger partial charge on any atom is -0.298 e. The molecule has 1 aromatic heterocycles. The average Bonchev–Trinajstić information content (AvgIpc) is 2.81. The summed E-state index contributed by atoms with van der Waals surface area (Å²) in [7, 11) is 0. The molecule has 15 heavy (non-hydrogen) atoms. The maximum absolute atomic E-state index is 12.7. The monoisotopic (exact) mass is 205 g/mol. The van der Waals surface area contributed by atoms with E-state index in [9.17, 15) is 9.18 Å². The lowest BCUT2D eigenvalue weighted by molar-refractivity contribution is 0.112. The Kier molecular flexibility index (Phi) is 2.53. The number of aromatic nitrogens is 3. The first-order valence-electron chi connectivity index (χ1n) is 4.34. The molecule has 0 spiro atoms. The molecule has 1 aromatic carbocycles. The van der Waals surface area contributed by atoms with Crippen molar-refractivity contribution in [2.75, 3.05) is 0 Å². The summed E-state index contributed by atoms with van der Waals surface area (Å²) < 4.78 is 14.2. The number of alkyl halides is 1. The Morgan fingerprint density at radius 1 is 1.47 bits per heavy atom. The number of hydrogen-bond donors (Lipinski definition) is 0. The van der Waals surface area contributed by atoms with Gasteiger partial charge in [-0.1, -0.05) is 0 Å². The van der Waals surface area contributed by atoms with E-state index in [-0.39, 0.29) is 0 Å². The number of carbonyl (C=O) groups excluding carboxylic acids is 1. The van der Waals surface area contributed by atoms with Crippen molar-refractivity contribution in [2.45, 2.75) is 6.67 Å². The fourth-order valence-electron chi connectivity index (χ4n) is 1.34. The predicted molar refractivity (Wildman–Crippen MR) is 51.6 cm³/mol. The van der Waals surface area contributed by atoms with E-state index in [4.69, 9.17) is 0 Å². The minimum absolute atomic E-state index is 0.421. The molecule has 4 nitrogen and oxygen atoms in total. The maximum atomic E-state index is 12.7. The summed E-state index contributed by atoms with van der Waals surface area (Å²) in [5.74, 6) is 0. The Morgan fingerprint density at radius 2 is 2.33 bits per heavy atom. The van der Waals surface area contributed by atoms with Gasteiger partial charge in [-0.25, -0.2) is 14.1 Å². The first-order valence-corrected chi connectivity index (χ1v) is 4.34. The quantitative estimate of drug-likeness (QED) is 0.714. The molecule has 76 valence electrons. The van der Waals surface area contributed by atoms with Crippen LogP contribution in [0.3, 0.4) is 0 Å². The van der Waals surface area contributed by atoms with Crippen LogP contribution in [-0.2, 0) is 6.67 Å². The van der Waals surface area contributed by atoms with Crippen LogP contribution in [0.15, 0.2) is 30.9 Å². The van der Waals surface area contributed by atoms with Gasteiger partial charge in [0, 0.05) is 11.1 Å². The van der Waals surface area contributed by atoms with Gasteiger partial charge in [0.1, 0.15) is 25.6 Å². The van der Waals surface area contributed by atoms with Crippen LogP contribution in [0.2, 0.25) is 0 Å². The maximum Gasteiger partial charge on any atom is 0.150 e. The van der Waals surface area contributed by atoms with E-state index in [0.29, 0.717) is 23.1 Å². The van der Waals surface area contributed by atoms with Crippen LogP contribution in [-0.4, -0.2) is 21.1 Å². The van der Waals surface area contributed by atoms with Gasteiger partial charge in [0.2, 0.25) is 0 Å². The van der Waals surface area contributed by atoms with Gasteiger partial charge in [-0.15, -0.1) is 0 Å². The highest BCUT2D eigenvalue weighted by molar-refractivity contribution is 5.75. The van der Waals surface area contributed by atoms with Crippen molar-refractivity contribution in [1.29, 1.82) is 0 Å². The summed E-state index contributed by atoms with van der Waals surface area (Å²) in [6, 6.07) is 4.76. The molecule has 5 heteroatoms. The lowest BCUT2D eigenvalue weighted by atomic mass is 10.1. The van der Waals surface area contributed by atoms with Gasteiger partial charge in [0.05, 0.1) is 5.69 Å². The van der Waals surface area contributed by atoms with Gasteiger partial charge in [-0.2, -0.15) is 5.10 Å². The third-order valence-electron chi connectivity index (χ3n) is 2.05. The Hall–Kier alpha value is -2.04. The van der Waals surface area contributed by atoms with Gasteiger partial charge in [-0.3, -0.25) is 4.79 Å². The van der Waals surface area contributed by atoms with Crippen molar-refractivity contribution in [3.05, 3.63) is 42.0 Å². The third-order valence-corrected chi connectivity index (χ3v) is 2.05. The molecule has 0 saturated heterocycles. The zero-order chi connectivity index (χ0) is 10.7. The SMILES string of the molecule is O=Cc1ccc(-n2cncn2)c(CF)c1. The molecule has 0 aliphatic rings. The number of halogens is 1. The first kappa shape index (κ1) is 9.51. The number of hydrogen-bond acceptors (Lipinski definition) is 3. The molecule has 0 aliphatic heterocycles. The van der Waals surface area contributed by atoms with E-state index < -0.39 is 6.67 Å². The summed E-state index contributed by atoms with van der Waals surface area (Å²) in [6.07, 6.45) is 3.54. The minimum atomic E-state index is -0.642. The standard InChI is InChI=1S/C10H8FN3O/c11-4-9-3-8(5-15)1-2-10(9)14-7-12-6-13-14/h1-3,5-7H,4H2. The molecule has 2 rings (SSSR count). The molecule has 1 heterocycles. The zero-order valence-electron chi connectivity index (χ0n) is 7.80. The normalized spacial score (nSPS) is 10.2. The second-order valence-corrected chi connectivity index (χ2v) is 2.98. The van der Waals surface area contributed by atoms with E-state index >= 15 is 0 Å². The third kappa shape index (κ3) is 1.76. The molecule has 0 unspecified atom stereocenters. The second kappa shape index (κ2) is 4.00. The summed E-state index contributed by atoms with van der Waals surface area (Å²) in [5, 5.41) is 3.90. The summed E-state index contributed by atoms with van der Waals surface area (Å²) >= 11 is 0. The van der Waals surface area contributed by atoms with Crippen LogP contribution in [0.5, 0.6) is 0 Å². The zero-order valence-corrected chi connectivity index (χ0v) is 7.80. The number of benzene rings is 1. The highest BCUT2D eigenvalue weighted by atomic mass is 19.1. The van der Waals surface area contributed by atoms with Crippen molar-refractivity contribution in [2.24, 2.45) is 0 Å². The number of nitrogens with zero attached hydrogens (tertiary/aromatic N) is 3. The number of rotatable bonds is 3. The molecular formula is C10H8FN3O. The first-order chi connectivity index (χ1) is 7.35. The van der Waals surface area contributed by atoms with Crippen LogP contribution in [0.4, 0.5) is 4.39 Å². The summed E-state index contributed by atoms with van der Waals surface area (Å²) in [6.45, 7) is -0.642. The van der Waals surface area contributed by atoms with Crippen molar-refractivity contribution in [1.82, 2.24) is 14.8 Å². The van der Waals surface area contributed by atoms with Crippen molar-refractivity contribution < 1.29 is 9.18 Å². The van der Waals surface area contributed by atoms with Gasteiger partial charge in [-0.05, 0) is 18.2 Å². The molecule has 0 radical (unpaired) electrons. The van der Waals surface area contributed by atoms with E-state index in [1.807, 2.05) is 0 Å². The smallest absolute Gasteiger partial charge is 0.150 e. The topological polar surface area (TPSA) is 47.8 Å². The molecular weight excluding hydrogens is 197 g/mol. The van der Waals surface area contributed by atoms with E-state index in [2.05, 4.69) is 10.1 Å². The lowest BCUT2D eigenvalue weighted by Gasteiger charge is -2.06. The molecule has 0 aliphatic carbocycles. The van der Waals surface area contributed by atoms with Crippen molar-refractivity contribution in [3.63, 3.8) is 0 Å². The second-order valence-electron chi connectivity index (χ2n) is 2.98. The van der Waals surface area contributed by atoms with Crippen molar-refractivity contribution in [3.8, 4) is 5.69 Å². The highest BCUT2D eigenvalue weighted by Crippen LogP contribution is 2.15. The lowest BCUT2D eigenvalue weighted by Crippen LogP contribution is -2.00. The highest BCUT2D eigenvalue weighted by Gasteiger charge is 2.05. The molecule has 0 saturated carbocycles. The van der Waals surface area contributed by atoms with Crippen LogP contribution >= 0.6 is 0 Å². The number of carbonyl (C=O) groups is 1. The molecule has 0 amide bonds. The van der Waals surface area contributed by atoms with Crippen molar-refractivity contribution >= 4 is 6.29 Å². The Balaban J connectivity index is 2.52. The van der Waals surface area contributed by atoms with Gasteiger partial charge in [0.25, 0.3) is 0 Å². The molecule has 0 fully saturated rings. The molecule has 2 aromatic rings. The molecule has 0 bridgehead atoms. The fraction of sp³-hybridized carbons (Fsp3) is 0.100. The van der Waals surface area contributed by atoms with Gasteiger partial charge >= 0.3 is 0 Å². The van der Waals surface area contributed by atoms with E-state index in [1.54, 1.807) is 12.1 Å². The summed E-state index contributed by atoms with van der Waals surface area (Å²) in [4.78, 5) is 14.3. The van der Waals surface area contributed by atoms with Crippen LogP contribution in [0.25, 0.3) is 5.69 Å². The molecule has 0 N–H and O–H groups in total. The average molecular weight is 205 g/mol. The van der Waals surface area contributed by atoms with Crippen LogP contribution in [0.1, 0.15) is 15.9 Å². The summed E-state index contributed by atoms with van der Waals surface area (Å²) in [5.41, 5.74) is 1.47. The number of aldehydes is 1. The molecule has 0 atom stereocenters. The Bertz CT molecular complexity index is 468. The Morgan fingerprint density at radius 3 is 2.93 bits per heavy atom. The Labute approximate surface area is 85.4 Å². The predicted octanol–water partition coefficient (Wildman–Crippen LogP) is 1.55. The fourth-order valence-corrected chi connectivity index (χ4v) is 1.34. The van der Waals surface area contributed by atoms with Crippen LogP contribution < -0.4 is 0 Å². The van der Waals surface area contributed by atoms with Gasteiger partial charge < -0.3 is 0 Å².